The molecule has 0 spiro atoms. The Hall–Kier alpha value is -1.14. The highest BCUT2D eigenvalue weighted by Gasteiger charge is 2.12. The van der Waals surface area contributed by atoms with Crippen LogP contribution in [0.15, 0.2) is 24.3 Å². The number of sulfonamides is 1. The summed E-state index contributed by atoms with van der Waals surface area (Å²) in [7, 11) is -3.27. The molecule has 0 aliphatic rings. The normalized spacial score (nSPS) is 11.5. The number of nitrogens with one attached hydrogen (secondary N) is 1. The molecular formula is C12H18N2O2S2. The lowest BCUT2D eigenvalue weighted by atomic mass is 10.1. The van der Waals surface area contributed by atoms with E-state index in [1.807, 2.05) is 26.0 Å². The minimum absolute atomic E-state index is 0.0939. The Balaban J connectivity index is 2.72. The highest BCUT2D eigenvalue weighted by atomic mass is 32.2. The first-order valence-corrected chi connectivity index (χ1v) is 7.72. The molecule has 0 fully saturated rings. The van der Waals surface area contributed by atoms with Crippen LogP contribution in [0.5, 0.6) is 0 Å². The molecule has 1 rings (SSSR count). The Kier molecular flexibility index (Phi) is 5.10. The molecular weight excluding hydrogens is 268 g/mol. The van der Waals surface area contributed by atoms with E-state index in [0.717, 1.165) is 5.56 Å². The Morgan fingerprint density at radius 1 is 1.33 bits per heavy atom. The molecule has 1 aromatic rings. The van der Waals surface area contributed by atoms with Crippen molar-refractivity contribution >= 4 is 32.9 Å². The predicted octanol–water partition coefficient (Wildman–Crippen LogP) is 1.91. The van der Waals surface area contributed by atoms with Crippen LogP contribution in [0.25, 0.3) is 0 Å². The van der Waals surface area contributed by atoms with Crippen LogP contribution < -0.4 is 10.5 Å². The lowest BCUT2D eigenvalue weighted by molar-refractivity contribution is 0.587. The summed E-state index contributed by atoms with van der Waals surface area (Å²) in [6.07, 6.45) is 0.522. The summed E-state index contributed by atoms with van der Waals surface area (Å²) >= 11 is 4.81. The Morgan fingerprint density at radius 2 is 1.89 bits per heavy atom. The van der Waals surface area contributed by atoms with E-state index in [9.17, 15) is 8.42 Å². The summed E-state index contributed by atoms with van der Waals surface area (Å²) in [6.45, 7) is 3.73. The second-order valence-corrected chi connectivity index (χ2v) is 6.91. The first kappa shape index (κ1) is 14.9. The summed E-state index contributed by atoms with van der Waals surface area (Å²) in [4.78, 5) is 0.420. The molecule has 0 amide bonds. The largest absolute Gasteiger partial charge is 0.393 e. The standard InChI is InChI=1S/C12H18N2O2S2/c1-9(2)8-18(15,16)14-11-5-3-10(4-6-11)7-12(13)17/h3-6,9,14H,7-8H2,1-2H3,(H2,13,17). The number of hydrogen-bond donors (Lipinski definition) is 2. The van der Waals surface area contributed by atoms with Crippen molar-refractivity contribution in [1.29, 1.82) is 0 Å². The van der Waals surface area contributed by atoms with Gasteiger partial charge in [0.2, 0.25) is 10.0 Å². The minimum atomic E-state index is -3.27. The second kappa shape index (κ2) is 6.15. The Morgan fingerprint density at radius 3 is 2.33 bits per heavy atom. The SMILES string of the molecule is CC(C)CS(=O)(=O)Nc1ccc(CC(N)=S)cc1. The number of nitrogens with two attached hydrogens (primary N) is 1. The summed E-state index contributed by atoms with van der Waals surface area (Å²) < 4.78 is 26.0. The van der Waals surface area contributed by atoms with Crippen molar-refractivity contribution in [3.8, 4) is 0 Å². The molecule has 18 heavy (non-hydrogen) atoms. The minimum Gasteiger partial charge on any atom is -0.393 e. The van der Waals surface area contributed by atoms with E-state index in [1.165, 1.54) is 0 Å². The van der Waals surface area contributed by atoms with Gasteiger partial charge in [-0.2, -0.15) is 0 Å². The molecule has 3 N–H and O–H groups in total. The zero-order chi connectivity index (χ0) is 13.8. The van der Waals surface area contributed by atoms with Gasteiger partial charge in [-0.05, 0) is 23.6 Å². The molecule has 0 unspecified atom stereocenters. The number of thiocarbonyl (C=S) groups is 1. The van der Waals surface area contributed by atoms with Crippen molar-refractivity contribution in [3.63, 3.8) is 0 Å². The molecule has 0 aliphatic carbocycles. The Labute approximate surface area is 114 Å². The first-order chi connectivity index (χ1) is 8.28. The van der Waals surface area contributed by atoms with Crippen molar-refractivity contribution in [2.24, 2.45) is 11.7 Å². The van der Waals surface area contributed by atoms with Crippen LogP contribution in [-0.4, -0.2) is 19.2 Å². The maximum Gasteiger partial charge on any atom is 0.232 e. The summed E-state index contributed by atoms with van der Waals surface area (Å²) in [5.41, 5.74) is 6.96. The highest BCUT2D eigenvalue weighted by Crippen LogP contribution is 2.13. The predicted molar refractivity (Wildman–Crippen MR) is 79.2 cm³/mol. The molecule has 0 heterocycles. The average Bonchev–Trinajstić information content (AvgIpc) is 2.17. The van der Waals surface area contributed by atoms with Crippen molar-refractivity contribution < 1.29 is 8.42 Å². The van der Waals surface area contributed by atoms with E-state index in [4.69, 9.17) is 18.0 Å². The fourth-order valence-electron chi connectivity index (χ4n) is 1.55. The van der Waals surface area contributed by atoms with Crippen LogP contribution >= 0.6 is 12.2 Å². The molecule has 0 aromatic heterocycles. The number of benzene rings is 1. The van der Waals surface area contributed by atoms with Crippen LogP contribution in [0, 0.1) is 5.92 Å². The first-order valence-electron chi connectivity index (χ1n) is 5.66. The molecule has 0 saturated heterocycles. The van der Waals surface area contributed by atoms with Crippen molar-refractivity contribution in [2.75, 3.05) is 10.5 Å². The van der Waals surface area contributed by atoms with Crippen LogP contribution in [0.1, 0.15) is 19.4 Å². The average molecular weight is 286 g/mol. The zero-order valence-electron chi connectivity index (χ0n) is 10.5. The number of hydrogen-bond acceptors (Lipinski definition) is 3. The molecule has 100 valence electrons. The van der Waals surface area contributed by atoms with E-state index >= 15 is 0 Å². The van der Waals surface area contributed by atoms with Crippen LogP contribution in [-0.2, 0) is 16.4 Å². The quantitative estimate of drug-likeness (QED) is 0.784. The maximum absolute atomic E-state index is 11.7. The van der Waals surface area contributed by atoms with Gasteiger partial charge in [-0.3, -0.25) is 4.72 Å². The number of anilines is 1. The van der Waals surface area contributed by atoms with Gasteiger partial charge in [0.15, 0.2) is 0 Å². The van der Waals surface area contributed by atoms with Crippen LogP contribution in [0.3, 0.4) is 0 Å². The van der Waals surface area contributed by atoms with E-state index in [0.29, 0.717) is 17.1 Å². The van der Waals surface area contributed by atoms with Gasteiger partial charge < -0.3 is 5.73 Å². The summed E-state index contributed by atoms with van der Waals surface area (Å²) in [5.74, 6) is 0.207. The monoisotopic (exact) mass is 286 g/mol. The highest BCUT2D eigenvalue weighted by molar-refractivity contribution is 7.92. The van der Waals surface area contributed by atoms with Gasteiger partial charge in [-0.25, -0.2) is 8.42 Å². The van der Waals surface area contributed by atoms with Crippen molar-refractivity contribution in [1.82, 2.24) is 0 Å². The third kappa shape index (κ3) is 5.46. The van der Waals surface area contributed by atoms with E-state index in [-0.39, 0.29) is 11.7 Å². The molecule has 0 radical (unpaired) electrons. The topological polar surface area (TPSA) is 72.2 Å². The van der Waals surface area contributed by atoms with Crippen molar-refractivity contribution in [2.45, 2.75) is 20.3 Å². The van der Waals surface area contributed by atoms with Gasteiger partial charge in [0, 0.05) is 12.1 Å². The van der Waals surface area contributed by atoms with Gasteiger partial charge in [-0.1, -0.05) is 38.2 Å². The molecule has 0 bridgehead atoms. The lowest BCUT2D eigenvalue weighted by Crippen LogP contribution is -2.20. The molecule has 4 nitrogen and oxygen atoms in total. The van der Waals surface area contributed by atoms with Gasteiger partial charge in [-0.15, -0.1) is 0 Å². The van der Waals surface area contributed by atoms with Crippen molar-refractivity contribution in [3.05, 3.63) is 29.8 Å². The molecule has 0 saturated carbocycles. The maximum atomic E-state index is 11.7. The summed E-state index contributed by atoms with van der Waals surface area (Å²) in [5, 5.41) is 0. The summed E-state index contributed by atoms with van der Waals surface area (Å²) in [6, 6.07) is 7.05. The van der Waals surface area contributed by atoms with Crippen LogP contribution in [0.4, 0.5) is 5.69 Å². The molecule has 6 heteroatoms. The second-order valence-electron chi connectivity index (χ2n) is 4.62. The van der Waals surface area contributed by atoms with Gasteiger partial charge in [0.25, 0.3) is 0 Å². The number of rotatable bonds is 6. The molecule has 1 aromatic carbocycles. The van der Waals surface area contributed by atoms with E-state index < -0.39 is 10.0 Å². The molecule has 0 aliphatic heterocycles. The lowest BCUT2D eigenvalue weighted by Gasteiger charge is -2.10. The third-order valence-corrected chi connectivity index (χ3v) is 3.95. The zero-order valence-corrected chi connectivity index (χ0v) is 12.1. The van der Waals surface area contributed by atoms with E-state index in [1.54, 1.807) is 12.1 Å². The fourth-order valence-corrected chi connectivity index (χ4v) is 3.17. The molecule has 0 atom stereocenters. The smallest absolute Gasteiger partial charge is 0.232 e. The van der Waals surface area contributed by atoms with E-state index in [2.05, 4.69) is 4.72 Å². The third-order valence-electron chi connectivity index (χ3n) is 2.16. The van der Waals surface area contributed by atoms with Crippen LogP contribution in [0.2, 0.25) is 0 Å². The Bertz CT molecular complexity index is 507. The fraction of sp³-hybridized carbons (Fsp3) is 0.417. The van der Waals surface area contributed by atoms with Gasteiger partial charge in [0.1, 0.15) is 0 Å². The van der Waals surface area contributed by atoms with Gasteiger partial charge in [0.05, 0.1) is 10.7 Å². The van der Waals surface area contributed by atoms with Gasteiger partial charge >= 0.3 is 0 Å².